The molecule has 0 aromatic heterocycles. The maximum absolute atomic E-state index is 6.31. The Balaban J connectivity index is 0. The largest absolute Gasteiger partial charge is 1.00 e. The summed E-state index contributed by atoms with van der Waals surface area (Å²) in [4.78, 5) is 0. The van der Waals surface area contributed by atoms with Crippen molar-refractivity contribution >= 4 is 0 Å². The first-order valence-electron chi connectivity index (χ1n) is 1.35. The maximum Gasteiger partial charge on any atom is 1.00 e. The molecule has 0 aliphatic carbocycles. The summed E-state index contributed by atoms with van der Waals surface area (Å²) >= 11 is 0. The molecule has 0 aliphatic rings. The summed E-state index contributed by atoms with van der Waals surface area (Å²) in [5.74, 6) is 2.08. The topological polar surface area (TPSA) is 0 Å². The van der Waals surface area contributed by atoms with E-state index >= 15 is 0 Å². The molecule has 0 unspecified atom stereocenters. The molecule has 0 amide bonds. The molecule has 0 spiro atoms. The minimum atomic E-state index is 0. The number of rotatable bonds is 0. The van der Waals surface area contributed by atoms with Crippen LogP contribution in [0.4, 0.5) is 0 Å². The fourth-order valence-corrected chi connectivity index (χ4v) is 0. The fourth-order valence-electron chi connectivity index (χ4n) is 0. The van der Waals surface area contributed by atoms with Crippen molar-refractivity contribution in [2.75, 3.05) is 0 Å². The first kappa shape index (κ1) is 9.57. The second-order valence-electron chi connectivity index (χ2n) is 0.905. The molecule has 6 heavy (non-hydrogen) atoms. The first-order valence-corrected chi connectivity index (χ1v) is 1.35. The van der Waals surface area contributed by atoms with Crippen molar-refractivity contribution in [2.24, 2.45) is 0 Å². The van der Waals surface area contributed by atoms with E-state index in [4.69, 9.17) is 6.42 Å². The Labute approximate surface area is 60.9 Å². The molecule has 0 nitrogen and oxygen atoms in total. The third-order valence-corrected chi connectivity index (χ3v) is 0.213. The molecule has 0 aromatic rings. The molecule has 0 aromatic carbocycles. The molecule has 0 rings (SSSR count). The molecule has 1 heteroatoms. The zero-order valence-electron chi connectivity index (χ0n) is 4.21. The second-order valence-corrected chi connectivity index (χ2v) is 0.905. The normalized spacial score (nSPS) is 4.67. The van der Waals surface area contributed by atoms with Crippen molar-refractivity contribution in [3.63, 3.8) is 0 Å². The quantitative estimate of drug-likeness (QED) is 0.185. The predicted molar refractivity (Wildman–Crippen MR) is 21.9 cm³/mol. The van der Waals surface area contributed by atoms with E-state index in [1.165, 1.54) is 0 Å². The smallest absolute Gasteiger partial charge is 0.366 e. The molecular formula is C5H5Na. The van der Waals surface area contributed by atoms with Crippen molar-refractivity contribution < 1.29 is 29.6 Å². The van der Waals surface area contributed by atoms with Gasteiger partial charge in [-0.05, 0) is 0 Å². The van der Waals surface area contributed by atoms with Crippen molar-refractivity contribution in [3.05, 3.63) is 18.6 Å². The summed E-state index contributed by atoms with van der Waals surface area (Å²) in [6.45, 7) is 5.10. The van der Waals surface area contributed by atoms with Gasteiger partial charge >= 0.3 is 29.6 Å². The Hall–Kier alpha value is 0.300. The maximum atomic E-state index is 6.31. The van der Waals surface area contributed by atoms with Crippen molar-refractivity contribution in [2.45, 2.75) is 6.92 Å². The van der Waals surface area contributed by atoms with E-state index in [0.717, 1.165) is 0 Å². The molecule has 0 radical (unpaired) electrons. The monoisotopic (exact) mass is 88.0 g/mol. The minimum absolute atomic E-state index is 0. The minimum Gasteiger partial charge on any atom is -0.366 e. The molecular weight excluding hydrogens is 83.0 g/mol. The van der Waals surface area contributed by atoms with E-state index in [2.05, 4.69) is 12.5 Å². The van der Waals surface area contributed by atoms with Crippen LogP contribution in [-0.2, 0) is 0 Å². The van der Waals surface area contributed by atoms with Crippen molar-refractivity contribution in [1.29, 1.82) is 0 Å². The van der Waals surface area contributed by atoms with Gasteiger partial charge < -0.3 is 6.42 Å². The molecule has 0 bridgehead atoms. The molecule has 0 N–H and O–H groups in total. The van der Waals surface area contributed by atoms with E-state index in [1.807, 2.05) is 0 Å². The molecule has 0 saturated carbocycles. The van der Waals surface area contributed by atoms with Gasteiger partial charge in [-0.2, -0.15) is 12.2 Å². The second kappa shape index (κ2) is 5.30. The summed E-state index contributed by atoms with van der Waals surface area (Å²) in [7, 11) is 0. The fraction of sp³-hybridized carbons (Fsp3) is 0.200. The summed E-state index contributed by atoms with van der Waals surface area (Å²) in [5.41, 5.74) is 0.671. The van der Waals surface area contributed by atoms with Gasteiger partial charge in [0.15, 0.2) is 0 Å². The van der Waals surface area contributed by atoms with Crippen LogP contribution in [0.5, 0.6) is 0 Å². The van der Waals surface area contributed by atoms with Crippen LogP contribution in [0.3, 0.4) is 0 Å². The molecule has 0 atom stereocenters. The standard InChI is InChI=1S/C5H5.Na/c1-4-5(2)3;/h2H2,3H3;/q-1;+1. The molecule has 26 valence electrons. The molecule has 0 heterocycles. The van der Waals surface area contributed by atoms with E-state index in [0.29, 0.717) is 5.57 Å². The van der Waals surface area contributed by atoms with Gasteiger partial charge in [0.25, 0.3) is 0 Å². The Bertz CT molecular complexity index is 76.4. The van der Waals surface area contributed by atoms with E-state index in [9.17, 15) is 0 Å². The Morgan fingerprint density at radius 1 is 1.83 bits per heavy atom. The Kier molecular flexibility index (Phi) is 8.45. The number of allylic oxidation sites excluding steroid dienone is 1. The van der Waals surface area contributed by atoms with Crippen LogP contribution in [0, 0.1) is 12.3 Å². The Morgan fingerprint density at radius 3 is 2.00 bits per heavy atom. The molecule has 0 aliphatic heterocycles. The van der Waals surface area contributed by atoms with Crippen LogP contribution < -0.4 is 29.6 Å². The van der Waals surface area contributed by atoms with Crippen LogP contribution in [0.1, 0.15) is 6.92 Å². The zero-order valence-corrected chi connectivity index (χ0v) is 6.21. The van der Waals surface area contributed by atoms with Crippen LogP contribution in [0.15, 0.2) is 12.2 Å². The van der Waals surface area contributed by atoms with E-state index in [1.54, 1.807) is 6.92 Å². The van der Waals surface area contributed by atoms with Gasteiger partial charge in [-0.1, -0.05) is 0 Å². The summed E-state index contributed by atoms with van der Waals surface area (Å²) < 4.78 is 0. The van der Waals surface area contributed by atoms with Gasteiger partial charge in [-0.25, -0.2) is 0 Å². The molecule has 0 fully saturated rings. The van der Waals surface area contributed by atoms with Gasteiger partial charge in [-0.15, -0.1) is 6.92 Å². The average molecular weight is 88.1 g/mol. The SMILES string of the molecule is [C-]#CC(=C)C.[Na+]. The van der Waals surface area contributed by atoms with Crippen LogP contribution in [-0.4, -0.2) is 0 Å². The summed E-state index contributed by atoms with van der Waals surface area (Å²) in [6, 6.07) is 0. The van der Waals surface area contributed by atoms with E-state index in [-0.39, 0.29) is 29.6 Å². The summed E-state index contributed by atoms with van der Waals surface area (Å²) in [6.07, 6.45) is 6.31. The van der Waals surface area contributed by atoms with Crippen LogP contribution in [0.2, 0.25) is 0 Å². The van der Waals surface area contributed by atoms with Gasteiger partial charge in [0, 0.05) is 0 Å². The average Bonchev–Trinajstić information content (AvgIpc) is 1.38. The van der Waals surface area contributed by atoms with Gasteiger partial charge in [-0.3, -0.25) is 5.92 Å². The number of hydrogen-bond acceptors (Lipinski definition) is 0. The van der Waals surface area contributed by atoms with Crippen LogP contribution >= 0.6 is 0 Å². The Morgan fingerprint density at radius 2 is 2.00 bits per heavy atom. The molecule has 0 saturated heterocycles. The zero-order chi connectivity index (χ0) is 4.28. The third kappa shape index (κ3) is 8.85. The van der Waals surface area contributed by atoms with E-state index < -0.39 is 0 Å². The van der Waals surface area contributed by atoms with Crippen molar-refractivity contribution in [3.8, 4) is 5.92 Å². The van der Waals surface area contributed by atoms with Crippen LogP contribution in [0.25, 0.3) is 0 Å². The van der Waals surface area contributed by atoms with Crippen molar-refractivity contribution in [1.82, 2.24) is 0 Å². The first-order chi connectivity index (χ1) is 2.27. The number of hydrogen-bond donors (Lipinski definition) is 0. The third-order valence-electron chi connectivity index (χ3n) is 0.213. The predicted octanol–water partition coefficient (Wildman–Crippen LogP) is -1.84. The summed E-state index contributed by atoms with van der Waals surface area (Å²) in [5, 5.41) is 0. The van der Waals surface area contributed by atoms with Gasteiger partial charge in [0.1, 0.15) is 0 Å². The van der Waals surface area contributed by atoms with Gasteiger partial charge in [0.05, 0.1) is 0 Å². The van der Waals surface area contributed by atoms with Gasteiger partial charge in [0.2, 0.25) is 0 Å².